The summed E-state index contributed by atoms with van der Waals surface area (Å²) >= 11 is 3.28. The third kappa shape index (κ3) is 4.92. The van der Waals surface area contributed by atoms with Crippen LogP contribution in [0.5, 0.6) is 0 Å². The predicted molar refractivity (Wildman–Crippen MR) is 67.4 cm³/mol. The molecule has 0 spiro atoms. The van der Waals surface area contributed by atoms with Crippen molar-refractivity contribution in [3.8, 4) is 0 Å². The van der Waals surface area contributed by atoms with Crippen LogP contribution in [0.25, 0.3) is 0 Å². The van der Waals surface area contributed by atoms with Crippen molar-refractivity contribution in [1.29, 1.82) is 0 Å². The van der Waals surface area contributed by atoms with E-state index >= 15 is 0 Å². The Morgan fingerprint density at radius 3 is 2.81 bits per heavy atom. The molecular weight excluding hydrogens is 295 g/mol. The summed E-state index contributed by atoms with van der Waals surface area (Å²) < 4.78 is 5.69. The maximum Gasteiger partial charge on any atom is 0.307 e. The Morgan fingerprint density at radius 2 is 2.31 bits per heavy atom. The van der Waals surface area contributed by atoms with E-state index in [-0.39, 0.29) is 24.8 Å². The number of hydrogen-bond donors (Lipinski definition) is 1. The molecular formula is C10H14BrClN2O2. The van der Waals surface area contributed by atoms with Crippen LogP contribution in [0.15, 0.2) is 22.8 Å². The molecule has 16 heavy (non-hydrogen) atoms. The third-order valence-electron chi connectivity index (χ3n) is 1.82. The lowest BCUT2D eigenvalue weighted by atomic mass is 10.1. The van der Waals surface area contributed by atoms with Gasteiger partial charge in [0.05, 0.1) is 24.8 Å². The number of carbonyl (C=O) groups excluding carboxylic acids is 1. The van der Waals surface area contributed by atoms with Gasteiger partial charge in [-0.15, -0.1) is 12.4 Å². The summed E-state index contributed by atoms with van der Waals surface area (Å²) in [4.78, 5) is 15.3. The lowest BCUT2D eigenvalue weighted by molar-refractivity contribution is -0.143. The fourth-order valence-corrected chi connectivity index (χ4v) is 1.35. The first-order valence-corrected chi connectivity index (χ1v) is 5.45. The Labute approximate surface area is 109 Å². The van der Waals surface area contributed by atoms with Gasteiger partial charge in [-0.3, -0.25) is 9.78 Å². The van der Waals surface area contributed by atoms with Gasteiger partial charge in [-0.25, -0.2) is 0 Å². The molecule has 0 amide bonds. The summed E-state index contributed by atoms with van der Waals surface area (Å²) in [6, 6.07) is 3.22. The zero-order valence-corrected chi connectivity index (χ0v) is 11.3. The molecule has 1 atom stereocenters. The average molecular weight is 310 g/mol. The Bertz CT molecular complexity index is 332. The molecule has 0 radical (unpaired) electrons. The number of pyridine rings is 1. The molecule has 0 saturated carbocycles. The number of nitrogens with zero attached hydrogens (tertiary/aromatic N) is 1. The monoisotopic (exact) mass is 308 g/mol. The molecule has 2 N–H and O–H groups in total. The van der Waals surface area contributed by atoms with Gasteiger partial charge in [0.25, 0.3) is 0 Å². The first-order valence-electron chi connectivity index (χ1n) is 4.66. The number of ether oxygens (including phenoxy) is 1. The summed E-state index contributed by atoms with van der Waals surface area (Å²) in [5.41, 5.74) is 6.48. The Morgan fingerprint density at radius 1 is 1.62 bits per heavy atom. The highest BCUT2D eigenvalue weighted by Gasteiger charge is 2.13. The first kappa shape index (κ1) is 15.3. The van der Waals surface area contributed by atoms with Crippen LogP contribution in [-0.4, -0.2) is 17.6 Å². The van der Waals surface area contributed by atoms with Crippen LogP contribution in [-0.2, 0) is 9.53 Å². The fourth-order valence-electron chi connectivity index (χ4n) is 1.11. The maximum atomic E-state index is 11.2. The van der Waals surface area contributed by atoms with Crippen LogP contribution in [0, 0.1) is 0 Å². The van der Waals surface area contributed by atoms with E-state index < -0.39 is 6.04 Å². The van der Waals surface area contributed by atoms with Crippen molar-refractivity contribution in [1.82, 2.24) is 4.98 Å². The van der Waals surface area contributed by atoms with Crippen molar-refractivity contribution in [2.75, 3.05) is 6.61 Å². The van der Waals surface area contributed by atoms with Crippen LogP contribution in [0.2, 0.25) is 0 Å². The van der Waals surface area contributed by atoms with Crippen LogP contribution in [0.1, 0.15) is 25.1 Å². The number of halogens is 2. The van der Waals surface area contributed by atoms with E-state index in [0.29, 0.717) is 12.3 Å². The van der Waals surface area contributed by atoms with Crippen LogP contribution < -0.4 is 5.73 Å². The molecule has 6 heteroatoms. The van der Waals surface area contributed by atoms with Gasteiger partial charge in [-0.2, -0.15) is 0 Å². The molecule has 90 valence electrons. The second kappa shape index (κ2) is 7.60. The fraction of sp³-hybridized carbons (Fsp3) is 0.400. The van der Waals surface area contributed by atoms with Gasteiger partial charge in [0.15, 0.2) is 0 Å². The minimum absolute atomic E-state index is 0. The van der Waals surface area contributed by atoms with Gasteiger partial charge in [0.2, 0.25) is 0 Å². The number of aromatic nitrogens is 1. The smallest absolute Gasteiger partial charge is 0.307 e. The second-order valence-electron chi connectivity index (χ2n) is 3.02. The topological polar surface area (TPSA) is 65.2 Å². The standard InChI is InChI=1S/C10H13BrN2O2.ClH/c1-2-15-10(14)5-8(12)9-4-3-7(11)6-13-9;/h3-4,6,8H,2,5,12H2,1H3;1H/t8-;/m1./s1. The van der Waals surface area contributed by atoms with E-state index in [2.05, 4.69) is 20.9 Å². The van der Waals surface area contributed by atoms with Gasteiger partial charge in [0.1, 0.15) is 0 Å². The third-order valence-corrected chi connectivity index (χ3v) is 2.29. The van der Waals surface area contributed by atoms with E-state index in [1.54, 1.807) is 19.2 Å². The van der Waals surface area contributed by atoms with Crippen molar-refractivity contribution < 1.29 is 9.53 Å². The average Bonchev–Trinajstić information content (AvgIpc) is 2.18. The van der Waals surface area contributed by atoms with E-state index in [4.69, 9.17) is 10.5 Å². The van der Waals surface area contributed by atoms with E-state index in [1.165, 1.54) is 0 Å². The van der Waals surface area contributed by atoms with Gasteiger partial charge in [0, 0.05) is 10.7 Å². The Balaban J connectivity index is 0.00000225. The van der Waals surface area contributed by atoms with Gasteiger partial charge >= 0.3 is 5.97 Å². The van der Waals surface area contributed by atoms with Gasteiger partial charge in [-0.05, 0) is 35.0 Å². The number of rotatable bonds is 4. The normalized spacial score (nSPS) is 11.4. The molecule has 0 aliphatic heterocycles. The molecule has 0 aliphatic rings. The van der Waals surface area contributed by atoms with Crippen molar-refractivity contribution in [2.24, 2.45) is 5.73 Å². The number of carbonyl (C=O) groups is 1. The summed E-state index contributed by atoms with van der Waals surface area (Å²) in [6.07, 6.45) is 1.81. The van der Waals surface area contributed by atoms with E-state index in [9.17, 15) is 4.79 Å². The van der Waals surface area contributed by atoms with Gasteiger partial charge < -0.3 is 10.5 Å². The summed E-state index contributed by atoms with van der Waals surface area (Å²) in [7, 11) is 0. The molecule has 4 nitrogen and oxygen atoms in total. The van der Waals surface area contributed by atoms with Crippen LogP contribution in [0.3, 0.4) is 0 Å². The van der Waals surface area contributed by atoms with E-state index in [0.717, 1.165) is 4.47 Å². The van der Waals surface area contributed by atoms with E-state index in [1.807, 2.05) is 6.07 Å². The Kier molecular flexibility index (Phi) is 7.29. The summed E-state index contributed by atoms with van der Waals surface area (Å²) in [6.45, 7) is 2.14. The highest BCUT2D eigenvalue weighted by atomic mass is 79.9. The van der Waals surface area contributed by atoms with Crippen LogP contribution >= 0.6 is 28.3 Å². The number of hydrogen-bond acceptors (Lipinski definition) is 4. The lowest BCUT2D eigenvalue weighted by Crippen LogP contribution is -2.18. The van der Waals surface area contributed by atoms with Crippen molar-refractivity contribution in [2.45, 2.75) is 19.4 Å². The molecule has 0 aromatic carbocycles. The van der Waals surface area contributed by atoms with Crippen LogP contribution in [0.4, 0.5) is 0 Å². The molecule has 0 saturated heterocycles. The SMILES string of the molecule is CCOC(=O)C[C@@H](N)c1ccc(Br)cn1.Cl. The quantitative estimate of drug-likeness (QED) is 0.866. The highest BCUT2D eigenvalue weighted by molar-refractivity contribution is 9.10. The number of nitrogens with two attached hydrogens (primary N) is 1. The molecule has 1 heterocycles. The van der Waals surface area contributed by atoms with Gasteiger partial charge in [-0.1, -0.05) is 0 Å². The lowest BCUT2D eigenvalue weighted by Gasteiger charge is -2.09. The maximum absolute atomic E-state index is 11.2. The molecule has 0 fully saturated rings. The second-order valence-corrected chi connectivity index (χ2v) is 3.93. The molecule has 1 aromatic rings. The molecule has 1 rings (SSSR count). The van der Waals surface area contributed by atoms with Crippen molar-refractivity contribution in [3.63, 3.8) is 0 Å². The molecule has 0 unspecified atom stereocenters. The minimum atomic E-state index is -0.405. The zero-order valence-electron chi connectivity index (χ0n) is 8.85. The molecule has 1 aromatic heterocycles. The molecule has 0 aliphatic carbocycles. The first-order chi connectivity index (χ1) is 7.13. The predicted octanol–water partition coefficient (Wildman–Crippen LogP) is 2.22. The molecule has 0 bridgehead atoms. The number of esters is 1. The summed E-state index contributed by atoms with van der Waals surface area (Å²) in [5.74, 6) is -0.297. The van der Waals surface area contributed by atoms with Crippen molar-refractivity contribution in [3.05, 3.63) is 28.5 Å². The van der Waals surface area contributed by atoms with Crippen molar-refractivity contribution >= 4 is 34.3 Å². The largest absolute Gasteiger partial charge is 0.466 e. The minimum Gasteiger partial charge on any atom is -0.466 e. The highest BCUT2D eigenvalue weighted by Crippen LogP contribution is 2.14. The summed E-state index contributed by atoms with van der Waals surface area (Å²) in [5, 5.41) is 0. The zero-order chi connectivity index (χ0) is 11.3. The Hall–Kier alpha value is -0.650.